The van der Waals surface area contributed by atoms with Gasteiger partial charge in [0.05, 0.1) is 5.52 Å². The van der Waals surface area contributed by atoms with Crippen LogP contribution >= 0.6 is 11.9 Å². The Kier molecular flexibility index (Phi) is 4.01. The van der Waals surface area contributed by atoms with Crippen LogP contribution in [0.2, 0.25) is 0 Å². The van der Waals surface area contributed by atoms with Crippen molar-refractivity contribution in [3.63, 3.8) is 0 Å². The largest absolute Gasteiger partial charge is 0.508 e. The minimum absolute atomic E-state index is 0.356. The maximum Gasteiger partial charge on any atom is 0.119 e. The summed E-state index contributed by atoms with van der Waals surface area (Å²) < 4.78 is 2.19. The van der Waals surface area contributed by atoms with Crippen molar-refractivity contribution in [1.82, 2.24) is 3.97 Å². The molecule has 3 aromatic carbocycles. The summed E-state index contributed by atoms with van der Waals surface area (Å²) in [5.41, 5.74) is 3.35. The van der Waals surface area contributed by atoms with Gasteiger partial charge in [-0.1, -0.05) is 42.5 Å². The topological polar surface area (TPSA) is 25.2 Å². The Morgan fingerprint density at radius 3 is 2.46 bits per heavy atom. The molecule has 0 aliphatic heterocycles. The van der Waals surface area contributed by atoms with E-state index in [1.165, 1.54) is 21.4 Å². The monoisotopic (exact) mass is 331 g/mol. The molecular weight excluding hydrogens is 314 g/mol. The van der Waals surface area contributed by atoms with Crippen molar-refractivity contribution in [2.75, 3.05) is 0 Å². The summed E-state index contributed by atoms with van der Waals surface area (Å²) in [7, 11) is 0. The van der Waals surface area contributed by atoms with Crippen LogP contribution in [0.1, 0.15) is 11.1 Å². The van der Waals surface area contributed by atoms with Gasteiger partial charge in [-0.3, -0.25) is 3.97 Å². The highest BCUT2D eigenvalue weighted by Gasteiger charge is 2.06. The highest BCUT2D eigenvalue weighted by Crippen LogP contribution is 2.28. The molecule has 0 amide bonds. The average molecular weight is 331 g/mol. The fourth-order valence-electron chi connectivity index (χ4n) is 2.83. The first-order valence-electron chi connectivity index (χ1n) is 7.90. The second-order valence-electron chi connectivity index (χ2n) is 5.74. The van der Waals surface area contributed by atoms with Crippen LogP contribution in [0.3, 0.4) is 0 Å². The molecule has 0 radical (unpaired) electrons. The molecule has 0 unspecified atom stereocenters. The summed E-state index contributed by atoms with van der Waals surface area (Å²) in [6.07, 6.45) is 2.84. The predicted octanol–water partition coefficient (Wildman–Crippen LogP) is 5.49. The molecule has 0 saturated heterocycles. The van der Waals surface area contributed by atoms with Gasteiger partial charge in [-0.2, -0.15) is 0 Å². The van der Waals surface area contributed by atoms with Crippen molar-refractivity contribution in [2.45, 2.75) is 11.3 Å². The van der Waals surface area contributed by atoms with Crippen LogP contribution in [0.25, 0.3) is 10.9 Å². The predicted molar refractivity (Wildman–Crippen MR) is 101 cm³/mol. The first-order chi connectivity index (χ1) is 11.8. The summed E-state index contributed by atoms with van der Waals surface area (Å²) in [5, 5.41) is 11.2. The van der Waals surface area contributed by atoms with Gasteiger partial charge in [-0.15, -0.1) is 0 Å². The number of aromatic nitrogens is 1. The Balaban J connectivity index is 1.62. The summed E-state index contributed by atoms with van der Waals surface area (Å²) >= 11 is 1.71. The second-order valence-corrected chi connectivity index (χ2v) is 6.79. The number of aromatic hydroxyl groups is 1. The minimum atomic E-state index is 0.356. The Morgan fingerprint density at radius 1 is 0.833 bits per heavy atom. The van der Waals surface area contributed by atoms with E-state index in [1.807, 2.05) is 24.3 Å². The Hall–Kier alpha value is -2.65. The average Bonchev–Trinajstić information content (AvgIpc) is 3.00. The minimum Gasteiger partial charge on any atom is -0.508 e. The van der Waals surface area contributed by atoms with Gasteiger partial charge in [-0.25, -0.2) is 0 Å². The van der Waals surface area contributed by atoms with Crippen LogP contribution in [0.15, 0.2) is 90.0 Å². The number of nitrogens with zero attached hydrogens (tertiary/aromatic N) is 1. The van der Waals surface area contributed by atoms with Gasteiger partial charge < -0.3 is 5.11 Å². The third-order valence-electron chi connectivity index (χ3n) is 4.05. The van der Waals surface area contributed by atoms with Crippen molar-refractivity contribution in [1.29, 1.82) is 0 Å². The third-order valence-corrected chi connectivity index (χ3v) is 5.05. The maximum atomic E-state index is 9.95. The molecule has 3 heteroatoms. The van der Waals surface area contributed by atoms with E-state index < -0.39 is 0 Å². The van der Waals surface area contributed by atoms with Crippen LogP contribution in [0.4, 0.5) is 0 Å². The molecule has 0 bridgehead atoms. The van der Waals surface area contributed by atoms with E-state index in [0.29, 0.717) is 5.75 Å². The number of benzene rings is 3. The lowest BCUT2D eigenvalue weighted by Crippen LogP contribution is -1.89. The van der Waals surface area contributed by atoms with Crippen LogP contribution in [-0.4, -0.2) is 9.08 Å². The van der Waals surface area contributed by atoms with E-state index >= 15 is 0 Å². The van der Waals surface area contributed by atoms with Crippen LogP contribution < -0.4 is 0 Å². The van der Waals surface area contributed by atoms with Crippen molar-refractivity contribution < 1.29 is 5.11 Å². The van der Waals surface area contributed by atoms with Crippen molar-refractivity contribution >= 4 is 22.9 Å². The molecule has 0 aliphatic carbocycles. The molecule has 1 N–H and O–H groups in total. The molecule has 0 fully saturated rings. The van der Waals surface area contributed by atoms with E-state index in [9.17, 15) is 5.11 Å². The first kappa shape index (κ1) is 14.9. The zero-order chi connectivity index (χ0) is 16.4. The molecule has 4 rings (SSSR count). The molecule has 2 nitrogen and oxygen atoms in total. The number of hydrogen-bond donors (Lipinski definition) is 1. The molecular formula is C21H17NOS. The zero-order valence-electron chi connectivity index (χ0n) is 13.1. The molecule has 0 saturated carbocycles. The number of phenolic OH excluding ortho intramolecular Hbond substituents is 1. The van der Waals surface area contributed by atoms with Gasteiger partial charge in [0.25, 0.3) is 0 Å². The van der Waals surface area contributed by atoms with Crippen LogP contribution in [0.5, 0.6) is 5.75 Å². The number of fused-ring (bicyclic) bond motifs is 1. The van der Waals surface area contributed by atoms with Gasteiger partial charge in [0.2, 0.25) is 0 Å². The Morgan fingerprint density at radius 2 is 1.62 bits per heavy atom. The number of rotatable bonds is 4. The van der Waals surface area contributed by atoms with Gasteiger partial charge in [0, 0.05) is 22.9 Å². The number of hydrogen-bond acceptors (Lipinski definition) is 2. The lowest BCUT2D eigenvalue weighted by molar-refractivity contribution is 0.469. The molecule has 1 aromatic heterocycles. The van der Waals surface area contributed by atoms with Crippen LogP contribution in [-0.2, 0) is 6.42 Å². The maximum absolute atomic E-state index is 9.95. The zero-order valence-corrected chi connectivity index (χ0v) is 13.9. The van der Waals surface area contributed by atoms with Crippen LogP contribution in [0, 0.1) is 0 Å². The molecule has 0 spiro atoms. The van der Waals surface area contributed by atoms with E-state index in [-0.39, 0.29) is 0 Å². The lowest BCUT2D eigenvalue weighted by Gasteiger charge is -2.07. The van der Waals surface area contributed by atoms with E-state index in [1.54, 1.807) is 18.0 Å². The summed E-state index contributed by atoms with van der Waals surface area (Å²) in [4.78, 5) is 1.22. The third kappa shape index (κ3) is 3.03. The van der Waals surface area contributed by atoms with E-state index in [2.05, 4.69) is 58.7 Å². The van der Waals surface area contributed by atoms with Gasteiger partial charge >= 0.3 is 0 Å². The normalized spacial score (nSPS) is 11.0. The fourth-order valence-corrected chi connectivity index (χ4v) is 3.72. The molecule has 1 heterocycles. The van der Waals surface area contributed by atoms with Crippen molar-refractivity contribution in [3.8, 4) is 5.75 Å². The smallest absolute Gasteiger partial charge is 0.119 e. The molecule has 24 heavy (non-hydrogen) atoms. The second kappa shape index (κ2) is 6.46. The molecule has 0 aliphatic rings. The number of para-hydroxylation sites is 1. The summed E-state index contributed by atoms with van der Waals surface area (Å²) in [6.45, 7) is 0. The molecule has 4 aromatic rings. The van der Waals surface area contributed by atoms with Gasteiger partial charge in [-0.05, 0) is 59.5 Å². The van der Waals surface area contributed by atoms with Crippen molar-refractivity contribution in [3.05, 3.63) is 96.2 Å². The van der Waals surface area contributed by atoms with E-state index in [4.69, 9.17) is 0 Å². The van der Waals surface area contributed by atoms with Crippen molar-refractivity contribution in [2.24, 2.45) is 0 Å². The SMILES string of the molecule is Oc1ccccc1Cc1ccc2c(ccn2Sc2ccccc2)c1. The molecule has 0 atom stereocenters. The van der Waals surface area contributed by atoms with E-state index in [0.717, 1.165) is 12.0 Å². The standard InChI is InChI=1S/C21H17NOS/c23-21-9-5-4-6-18(21)15-16-10-11-20-17(14-16)12-13-22(20)24-19-7-2-1-3-8-19/h1-14,23H,15H2. The quantitative estimate of drug-likeness (QED) is 0.534. The Labute approximate surface area is 145 Å². The highest BCUT2D eigenvalue weighted by molar-refractivity contribution is 7.98. The Bertz CT molecular complexity index is 975. The fraction of sp³-hybridized carbons (Fsp3) is 0.0476. The lowest BCUT2D eigenvalue weighted by atomic mass is 10.0. The molecule has 118 valence electrons. The summed E-state index contributed by atoms with van der Waals surface area (Å²) in [5.74, 6) is 0.356. The van der Waals surface area contributed by atoms with Gasteiger partial charge in [0.15, 0.2) is 0 Å². The first-order valence-corrected chi connectivity index (χ1v) is 8.67. The highest BCUT2D eigenvalue weighted by atomic mass is 32.2. The van der Waals surface area contributed by atoms with Gasteiger partial charge in [0.1, 0.15) is 5.75 Å². The number of phenols is 1. The summed E-state index contributed by atoms with van der Waals surface area (Å²) in [6, 6.07) is 26.5.